The number of ether oxygens (including phenoxy) is 2. The Hall–Kier alpha value is -2.10. The molecule has 1 aromatic carbocycles. The minimum atomic E-state index is -0.506. The van der Waals surface area contributed by atoms with E-state index in [1.165, 1.54) is 6.08 Å². The standard InChI is InChI=1S/C19H26O4/c1-4-6-12-17(19(21)22-5-2)15(3)23-18(20)14-13-16-10-8-7-9-11-16/h7-11,13-15,17H,4-6,12H2,1-3H3/b14-13+. The molecule has 0 aliphatic heterocycles. The summed E-state index contributed by atoms with van der Waals surface area (Å²) in [6.45, 7) is 5.90. The van der Waals surface area contributed by atoms with Crippen LogP contribution in [0.4, 0.5) is 0 Å². The van der Waals surface area contributed by atoms with Crippen LogP contribution < -0.4 is 0 Å². The maximum absolute atomic E-state index is 12.0. The Morgan fingerprint density at radius 2 is 1.87 bits per heavy atom. The first-order valence-electron chi connectivity index (χ1n) is 8.18. The van der Waals surface area contributed by atoms with Gasteiger partial charge < -0.3 is 9.47 Å². The van der Waals surface area contributed by atoms with Gasteiger partial charge in [-0.3, -0.25) is 4.79 Å². The second-order valence-corrected chi connectivity index (χ2v) is 5.39. The molecule has 126 valence electrons. The van der Waals surface area contributed by atoms with Crippen molar-refractivity contribution >= 4 is 18.0 Å². The maximum atomic E-state index is 12.0. The summed E-state index contributed by atoms with van der Waals surface area (Å²) in [7, 11) is 0. The third-order valence-electron chi connectivity index (χ3n) is 3.54. The lowest BCUT2D eigenvalue weighted by Gasteiger charge is -2.21. The Morgan fingerprint density at radius 1 is 1.17 bits per heavy atom. The van der Waals surface area contributed by atoms with E-state index in [0.29, 0.717) is 13.0 Å². The summed E-state index contributed by atoms with van der Waals surface area (Å²) in [5.41, 5.74) is 0.921. The lowest BCUT2D eigenvalue weighted by molar-refractivity contribution is -0.158. The van der Waals surface area contributed by atoms with Gasteiger partial charge in [-0.15, -0.1) is 0 Å². The highest BCUT2D eigenvalue weighted by atomic mass is 16.6. The van der Waals surface area contributed by atoms with Crippen molar-refractivity contribution in [1.82, 2.24) is 0 Å². The number of hydrogen-bond acceptors (Lipinski definition) is 4. The monoisotopic (exact) mass is 318 g/mol. The van der Waals surface area contributed by atoms with Crippen LogP contribution in [0.25, 0.3) is 6.08 Å². The fraction of sp³-hybridized carbons (Fsp3) is 0.474. The summed E-state index contributed by atoms with van der Waals surface area (Å²) in [4.78, 5) is 23.9. The van der Waals surface area contributed by atoms with Crippen molar-refractivity contribution in [2.45, 2.75) is 46.1 Å². The Balaban J connectivity index is 2.61. The number of benzene rings is 1. The molecule has 0 heterocycles. The normalized spacial score (nSPS) is 13.5. The molecule has 1 rings (SSSR count). The van der Waals surface area contributed by atoms with Gasteiger partial charge in [-0.1, -0.05) is 50.1 Å². The second kappa shape index (κ2) is 10.6. The van der Waals surface area contributed by atoms with Gasteiger partial charge in [0, 0.05) is 6.08 Å². The Morgan fingerprint density at radius 3 is 2.48 bits per heavy atom. The average molecular weight is 318 g/mol. The second-order valence-electron chi connectivity index (χ2n) is 5.39. The quantitative estimate of drug-likeness (QED) is 0.510. The van der Waals surface area contributed by atoms with E-state index in [1.807, 2.05) is 30.3 Å². The largest absolute Gasteiger partial charge is 0.466 e. The van der Waals surface area contributed by atoms with Gasteiger partial charge in [-0.05, 0) is 31.9 Å². The smallest absolute Gasteiger partial charge is 0.331 e. The van der Waals surface area contributed by atoms with Gasteiger partial charge in [0.25, 0.3) is 0 Å². The molecule has 4 nitrogen and oxygen atoms in total. The molecule has 0 bridgehead atoms. The maximum Gasteiger partial charge on any atom is 0.331 e. The summed E-state index contributed by atoms with van der Waals surface area (Å²) in [5, 5.41) is 0. The van der Waals surface area contributed by atoms with Crippen molar-refractivity contribution in [2.75, 3.05) is 6.61 Å². The molecule has 0 saturated heterocycles. The van der Waals surface area contributed by atoms with E-state index >= 15 is 0 Å². The average Bonchev–Trinajstić information content (AvgIpc) is 2.54. The number of esters is 2. The zero-order valence-corrected chi connectivity index (χ0v) is 14.2. The third-order valence-corrected chi connectivity index (χ3v) is 3.54. The summed E-state index contributed by atoms with van der Waals surface area (Å²) < 4.78 is 10.5. The van der Waals surface area contributed by atoms with Gasteiger partial charge >= 0.3 is 11.9 Å². The van der Waals surface area contributed by atoms with Crippen LogP contribution in [0.15, 0.2) is 36.4 Å². The van der Waals surface area contributed by atoms with Crippen LogP contribution in [0.1, 0.15) is 45.6 Å². The molecule has 4 heteroatoms. The Kier molecular flexibility index (Phi) is 8.73. The highest BCUT2D eigenvalue weighted by molar-refractivity contribution is 5.87. The van der Waals surface area contributed by atoms with Crippen molar-refractivity contribution in [1.29, 1.82) is 0 Å². The summed E-state index contributed by atoms with van der Waals surface area (Å²) in [6, 6.07) is 9.51. The first kappa shape index (κ1) is 18.9. The van der Waals surface area contributed by atoms with Crippen LogP contribution >= 0.6 is 0 Å². The molecule has 2 unspecified atom stereocenters. The van der Waals surface area contributed by atoms with Gasteiger partial charge in [0.2, 0.25) is 0 Å². The number of rotatable bonds is 9. The van der Waals surface area contributed by atoms with E-state index < -0.39 is 18.0 Å². The van der Waals surface area contributed by atoms with Crippen LogP contribution in [0.5, 0.6) is 0 Å². The summed E-state index contributed by atoms with van der Waals surface area (Å²) >= 11 is 0. The Labute approximate surface area is 138 Å². The molecule has 0 aliphatic rings. The fourth-order valence-electron chi connectivity index (χ4n) is 2.25. The van der Waals surface area contributed by atoms with E-state index in [1.54, 1.807) is 19.9 Å². The van der Waals surface area contributed by atoms with Crippen LogP contribution in [0, 0.1) is 5.92 Å². The van der Waals surface area contributed by atoms with Gasteiger partial charge in [-0.25, -0.2) is 4.79 Å². The van der Waals surface area contributed by atoms with Gasteiger partial charge in [0.15, 0.2) is 0 Å². The summed E-state index contributed by atoms with van der Waals surface area (Å²) in [6.07, 6.45) is 5.10. The van der Waals surface area contributed by atoms with Crippen LogP contribution in [-0.2, 0) is 19.1 Å². The molecule has 1 aromatic rings. The topological polar surface area (TPSA) is 52.6 Å². The zero-order chi connectivity index (χ0) is 17.1. The van der Waals surface area contributed by atoms with E-state index in [9.17, 15) is 9.59 Å². The summed E-state index contributed by atoms with van der Waals surface area (Å²) in [5.74, 6) is -1.16. The lowest BCUT2D eigenvalue weighted by atomic mass is 9.97. The molecule has 0 aliphatic carbocycles. The highest BCUT2D eigenvalue weighted by Gasteiger charge is 2.28. The highest BCUT2D eigenvalue weighted by Crippen LogP contribution is 2.18. The molecule has 23 heavy (non-hydrogen) atoms. The molecule has 0 saturated carbocycles. The van der Waals surface area contributed by atoms with E-state index in [2.05, 4.69) is 6.92 Å². The van der Waals surface area contributed by atoms with Gasteiger partial charge in [-0.2, -0.15) is 0 Å². The zero-order valence-electron chi connectivity index (χ0n) is 14.2. The third kappa shape index (κ3) is 7.13. The van der Waals surface area contributed by atoms with E-state index in [4.69, 9.17) is 9.47 Å². The number of unbranched alkanes of at least 4 members (excludes halogenated alkanes) is 1. The van der Waals surface area contributed by atoms with E-state index in [0.717, 1.165) is 18.4 Å². The molecule has 2 atom stereocenters. The molecule has 0 radical (unpaired) electrons. The molecule has 0 aromatic heterocycles. The molecular weight excluding hydrogens is 292 g/mol. The SMILES string of the molecule is CCCCC(C(=O)OCC)C(C)OC(=O)/C=C/c1ccccc1. The van der Waals surface area contributed by atoms with Crippen LogP contribution in [0.3, 0.4) is 0 Å². The molecule has 0 amide bonds. The minimum absolute atomic E-state index is 0.298. The van der Waals surface area contributed by atoms with Crippen molar-refractivity contribution < 1.29 is 19.1 Å². The predicted molar refractivity (Wildman–Crippen MR) is 90.7 cm³/mol. The van der Waals surface area contributed by atoms with Crippen molar-refractivity contribution in [3.05, 3.63) is 42.0 Å². The predicted octanol–water partition coefficient (Wildman–Crippen LogP) is 4.00. The van der Waals surface area contributed by atoms with Crippen molar-refractivity contribution in [3.8, 4) is 0 Å². The number of hydrogen-bond donors (Lipinski definition) is 0. The fourth-order valence-corrected chi connectivity index (χ4v) is 2.25. The number of carbonyl (C=O) groups is 2. The molecular formula is C19H26O4. The molecule has 0 N–H and O–H groups in total. The lowest BCUT2D eigenvalue weighted by Crippen LogP contribution is -2.31. The number of carbonyl (C=O) groups excluding carboxylic acids is 2. The molecule has 0 fully saturated rings. The van der Waals surface area contributed by atoms with Crippen molar-refractivity contribution in [3.63, 3.8) is 0 Å². The first-order chi connectivity index (χ1) is 11.1. The van der Waals surface area contributed by atoms with Gasteiger partial charge in [0.05, 0.1) is 12.5 Å². The first-order valence-corrected chi connectivity index (χ1v) is 8.18. The Bertz CT molecular complexity index is 507. The van der Waals surface area contributed by atoms with Crippen LogP contribution in [-0.4, -0.2) is 24.6 Å². The molecule has 0 spiro atoms. The van der Waals surface area contributed by atoms with Crippen molar-refractivity contribution in [2.24, 2.45) is 5.92 Å². The van der Waals surface area contributed by atoms with E-state index in [-0.39, 0.29) is 5.97 Å². The minimum Gasteiger partial charge on any atom is -0.466 e. The van der Waals surface area contributed by atoms with Gasteiger partial charge in [0.1, 0.15) is 6.10 Å². The van der Waals surface area contributed by atoms with Crippen LogP contribution in [0.2, 0.25) is 0 Å².